The van der Waals surface area contributed by atoms with Crippen molar-refractivity contribution in [3.8, 4) is 11.5 Å². The Hall–Kier alpha value is -2.28. The molecule has 0 aliphatic carbocycles. The van der Waals surface area contributed by atoms with Gasteiger partial charge in [0.25, 0.3) is 0 Å². The summed E-state index contributed by atoms with van der Waals surface area (Å²) in [5.41, 5.74) is 5.49. The normalized spacial score (nSPS) is 11.8. The number of nitrogens with zero attached hydrogens (tertiary/aromatic N) is 3. The zero-order chi connectivity index (χ0) is 15.2. The fourth-order valence-corrected chi connectivity index (χ4v) is 1.82. The van der Waals surface area contributed by atoms with E-state index >= 15 is 0 Å². The van der Waals surface area contributed by atoms with Gasteiger partial charge in [0.05, 0.1) is 13.2 Å². The number of hydrogen-bond acceptors (Lipinski definition) is 7. The summed E-state index contributed by atoms with van der Waals surface area (Å²) in [4.78, 5) is 11.6. The van der Waals surface area contributed by atoms with Crippen molar-refractivity contribution in [3.05, 3.63) is 29.5 Å². The molecule has 0 spiro atoms. The minimum Gasteiger partial charge on any atom is -0.497 e. The molecule has 0 radical (unpaired) electrons. The highest BCUT2D eigenvalue weighted by atomic mass is 35.5. The molecule has 8 heteroatoms. The number of halogens is 1. The van der Waals surface area contributed by atoms with Gasteiger partial charge in [0, 0.05) is 11.1 Å². The lowest BCUT2D eigenvalue weighted by Crippen LogP contribution is -2.25. The Balaban J connectivity index is 1.92. The van der Waals surface area contributed by atoms with Gasteiger partial charge < -0.3 is 20.5 Å². The van der Waals surface area contributed by atoms with Crippen LogP contribution in [0.4, 0.5) is 11.9 Å². The van der Waals surface area contributed by atoms with Crippen LogP contribution >= 0.6 is 11.6 Å². The predicted octanol–water partition coefficient (Wildman–Crippen LogP) is 2.00. The molecule has 0 bridgehead atoms. The summed E-state index contributed by atoms with van der Waals surface area (Å²) >= 11 is 5.97. The standard InChI is InChI=1S/C13H16ClN5O2/c1-8(18-13-17-7-16-12(15)19-13)6-21-11-4-9(14)3-10(5-11)20-2/h3-5,7-8H,6H2,1-2H3,(H3,15,16,17,18,19). The molecule has 0 aliphatic rings. The summed E-state index contributed by atoms with van der Waals surface area (Å²) in [6.45, 7) is 2.33. The SMILES string of the molecule is COc1cc(Cl)cc(OCC(C)Nc2ncnc(N)n2)c1. The molecule has 21 heavy (non-hydrogen) atoms. The maximum absolute atomic E-state index is 5.97. The molecule has 1 aromatic carbocycles. The van der Waals surface area contributed by atoms with E-state index in [1.54, 1.807) is 25.3 Å². The number of benzene rings is 1. The molecule has 2 aromatic rings. The minimum atomic E-state index is -0.0308. The van der Waals surface area contributed by atoms with E-state index in [2.05, 4.69) is 20.3 Å². The van der Waals surface area contributed by atoms with Crippen LogP contribution in [0.25, 0.3) is 0 Å². The van der Waals surface area contributed by atoms with Crippen LogP contribution in [0.15, 0.2) is 24.5 Å². The Bertz CT molecular complexity index is 611. The third-order valence-electron chi connectivity index (χ3n) is 2.55. The minimum absolute atomic E-state index is 0.0308. The molecule has 0 saturated carbocycles. The Morgan fingerprint density at radius 2 is 2.05 bits per heavy atom. The molecule has 7 nitrogen and oxygen atoms in total. The fourth-order valence-electron chi connectivity index (χ4n) is 1.60. The molecule has 3 N–H and O–H groups in total. The second-order valence-corrected chi connectivity index (χ2v) is 4.79. The number of nitrogens with one attached hydrogen (secondary N) is 1. The van der Waals surface area contributed by atoms with Gasteiger partial charge >= 0.3 is 0 Å². The first-order chi connectivity index (χ1) is 10.1. The van der Waals surface area contributed by atoms with Crippen LogP contribution in [-0.2, 0) is 0 Å². The second-order valence-electron chi connectivity index (χ2n) is 4.35. The maximum atomic E-state index is 5.97. The van der Waals surface area contributed by atoms with Gasteiger partial charge in [0.1, 0.15) is 24.4 Å². The lowest BCUT2D eigenvalue weighted by atomic mass is 10.3. The predicted molar refractivity (Wildman–Crippen MR) is 80.8 cm³/mol. The van der Waals surface area contributed by atoms with Gasteiger partial charge in [-0.25, -0.2) is 9.97 Å². The number of ether oxygens (including phenoxy) is 2. The third-order valence-corrected chi connectivity index (χ3v) is 2.76. The number of hydrogen-bond donors (Lipinski definition) is 2. The van der Waals surface area contributed by atoms with Crippen LogP contribution in [0.3, 0.4) is 0 Å². The molecule has 112 valence electrons. The Morgan fingerprint density at radius 3 is 2.76 bits per heavy atom. The van der Waals surface area contributed by atoms with Gasteiger partial charge in [-0.1, -0.05) is 11.6 Å². The highest BCUT2D eigenvalue weighted by molar-refractivity contribution is 6.30. The summed E-state index contributed by atoms with van der Waals surface area (Å²) in [5, 5.41) is 3.62. The summed E-state index contributed by atoms with van der Waals surface area (Å²) in [6, 6.07) is 5.16. The fraction of sp³-hybridized carbons (Fsp3) is 0.308. The highest BCUT2D eigenvalue weighted by Gasteiger charge is 2.07. The van der Waals surface area contributed by atoms with Crippen LogP contribution in [0.1, 0.15) is 6.92 Å². The number of nitrogens with two attached hydrogens (primary N) is 1. The van der Waals surface area contributed by atoms with Crippen molar-refractivity contribution >= 4 is 23.5 Å². The summed E-state index contributed by atoms with van der Waals surface area (Å²) in [7, 11) is 1.57. The monoisotopic (exact) mass is 309 g/mol. The van der Waals surface area contributed by atoms with Crippen LogP contribution in [0, 0.1) is 0 Å². The van der Waals surface area contributed by atoms with Crippen molar-refractivity contribution < 1.29 is 9.47 Å². The Morgan fingerprint density at radius 1 is 1.29 bits per heavy atom. The summed E-state index contributed by atoms with van der Waals surface area (Å²) in [6.07, 6.45) is 1.35. The van der Waals surface area contributed by atoms with E-state index in [0.717, 1.165) is 0 Å². The van der Waals surface area contributed by atoms with E-state index in [0.29, 0.717) is 29.1 Å². The van der Waals surface area contributed by atoms with Gasteiger partial charge in [0.15, 0.2) is 0 Å². The maximum Gasteiger partial charge on any atom is 0.227 e. The Kier molecular flexibility index (Phi) is 4.99. The topological polar surface area (TPSA) is 95.2 Å². The number of anilines is 2. The quantitative estimate of drug-likeness (QED) is 0.842. The van der Waals surface area contributed by atoms with Crippen molar-refractivity contribution in [3.63, 3.8) is 0 Å². The number of methoxy groups -OCH3 is 1. The largest absolute Gasteiger partial charge is 0.497 e. The molecule has 1 heterocycles. The molecule has 0 amide bonds. The van der Waals surface area contributed by atoms with E-state index < -0.39 is 0 Å². The van der Waals surface area contributed by atoms with E-state index in [9.17, 15) is 0 Å². The average Bonchev–Trinajstić information content (AvgIpc) is 2.44. The second kappa shape index (κ2) is 6.94. The zero-order valence-corrected chi connectivity index (χ0v) is 12.5. The zero-order valence-electron chi connectivity index (χ0n) is 11.7. The molecule has 1 atom stereocenters. The smallest absolute Gasteiger partial charge is 0.227 e. The van der Waals surface area contributed by atoms with Crippen LogP contribution in [0.5, 0.6) is 11.5 Å². The van der Waals surface area contributed by atoms with E-state index in [1.165, 1.54) is 6.33 Å². The third kappa shape index (κ3) is 4.64. The molecule has 1 unspecified atom stereocenters. The molecule has 0 fully saturated rings. The average molecular weight is 310 g/mol. The van der Waals surface area contributed by atoms with Crippen molar-refractivity contribution in [2.45, 2.75) is 13.0 Å². The van der Waals surface area contributed by atoms with Gasteiger partial charge in [-0.15, -0.1) is 0 Å². The van der Waals surface area contributed by atoms with Gasteiger partial charge in [-0.3, -0.25) is 0 Å². The molecule has 0 aliphatic heterocycles. The highest BCUT2D eigenvalue weighted by Crippen LogP contribution is 2.25. The van der Waals surface area contributed by atoms with Crippen molar-refractivity contribution in [1.29, 1.82) is 0 Å². The molecular weight excluding hydrogens is 294 g/mol. The van der Waals surface area contributed by atoms with Crippen LogP contribution < -0.4 is 20.5 Å². The van der Waals surface area contributed by atoms with Crippen molar-refractivity contribution in [1.82, 2.24) is 15.0 Å². The Labute approximate surface area is 127 Å². The first kappa shape index (κ1) is 15.1. The number of rotatable bonds is 6. The number of nitrogen functional groups attached to an aromatic ring is 1. The van der Waals surface area contributed by atoms with Crippen LogP contribution in [-0.4, -0.2) is 34.7 Å². The van der Waals surface area contributed by atoms with Crippen molar-refractivity contribution in [2.24, 2.45) is 0 Å². The van der Waals surface area contributed by atoms with Gasteiger partial charge in [-0.2, -0.15) is 4.98 Å². The number of aromatic nitrogens is 3. The summed E-state index contributed by atoms with van der Waals surface area (Å²) in [5.74, 6) is 1.84. The summed E-state index contributed by atoms with van der Waals surface area (Å²) < 4.78 is 10.8. The van der Waals surface area contributed by atoms with E-state index in [1.807, 2.05) is 6.92 Å². The first-order valence-electron chi connectivity index (χ1n) is 6.25. The lowest BCUT2D eigenvalue weighted by Gasteiger charge is -2.15. The van der Waals surface area contributed by atoms with Gasteiger partial charge in [-0.05, 0) is 19.1 Å². The molecule has 2 rings (SSSR count). The van der Waals surface area contributed by atoms with Crippen molar-refractivity contribution in [2.75, 3.05) is 24.8 Å². The van der Waals surface area contributed by atoms with E-state index in [-0.39, 0.29) is 12.0 Å². The lowest BCUT2D eigenvalue weighted by molar-refractivity contribution is 0.301. The molecule has 0 saturated heterocycles. The van der Waals surface area contributed by atoms with E-state index in [4.69, 9.17) is 26.8 Å². The molecule has 1 aromatic heterocycles. The molecular formula is C13H16ClN5O2. The first-order valence-corrected chi connectivity index (χ1v) is 6.63. The van der Waals surface area contributed by atoms with Crippen LogP contribution in [0.2, 0.25) is 5.02 Å². The van der Waals surface area contributed by atoms with Gasteiger partial charge in [0.2, 0.25) is 11.9 Å².